The summed E-state index contributed by atoms with van der Waals surface area (Å²) in [7, 11) is 0. The van der Waals surface area contributed by atoms with Crippen molar-refractivity contribution in [3.63, 3.8) is 0 Å². The number of aliphatic hydroxyl groups excluding tert-OH is 1. The molecule has 3 nitrogen and oxygen atoms in total. The van der Waals surface area contributed by atoms with Crippen LogP contribution in [0.3, 0.4) is 0 Å². The molecule has 3 heteroatoms. The van der Waals surface area contributed by atoms with E-state index >= 15 is 0 Å². The van der Waals surface area contributed by atoms with Gasteiger partial charge < -0.3 is 9.63 Å². The molecule has 2 aromatic rings. The van der Waals surface area contributed by atoms with Gasteiger partial charge in [0.2, 0.25) is 0 Å². The molecule has 1 N–H and O–H groups in total. The summed E-state index contributed by atoms with van der Waals surface area (Å²) >= 11 is 0. The standard InChI is InChI=1S/C13H15NO2/c1-2-12(15)8-11-9-13(16-14-11)10-6-4-3-5-7-10/h3-7,9,12,15H,2,8H2,1H3. The maximum Gasteiger partial charge on any atom is 0.167 e. The summed E-state index contributed by atoms with van der Waals surface area (Å²) in [5.74, 6) is 0.749. The molecule has 2 rings (SSSR count). The molecule has 1 heterocycles. The van der Waals surface area contributed by atoms with E-state index in [1.807, 2.05) is 43.3 Å². The molecule has 0 saturated carbocycles. The van der Waals surface area contributed by atoms with Crippen molar-refractivity contribution in [2.24, 2.45) is 0 Å². The van der Waals surface area contributed by atoms with Crippen LogP contribution in [-0.4, -0.2) is 16.4 Å². The highest BCUT2D eigenvalue weighted by molar-refractivity contribution is 5.56. The van der Waals surface area contributed by atoms with Gasteiger partial charge in [-0.15, -0.1) is 0 Å². The van der Waals surface area contributed by atoms with Crippen LogP contribution in [0.2, 0.25) is 0 Å². The quantitative estimate of drug-likeness (QED) is 0.856. The van der Waals surface area contributed by atoms with Gasteiger partial charge in [-0.2, -0.15) is 0 Å². The number of aromatic nitrogens is 1. The zero-order chi connectivity index (χ0) is 11.4. The van der Waals surface area contributed by atoms with Gasteiger partial charge in [0.15, 0.2) is 5.76 Å². The molecule has 0 amide bonds. The predicted octanol–water partition coefficient (Wildman–Crippen LogP) is 2.66. The van der Waals surface area contributed by atoms with Crippen LogP contribution in [0.15, 0.2) is 40.9 Å². The van der Waals surface area contributed by atoms with Crippen molar-refractivity contribution in [2.75, 3.05) is 0 Å². The Kier molecular flexibility index (Phi) is 3.37. The van der Waals surface area contributed by atoms with Crippen molar-refractivity contribution in [3.8, 4) is 11.3 Å². The van der Waals surface area contributed by atoms with Crippen molar-refractivity contribution in [2.45, 2.75) is 25.9 Å². The molecule has 0 aliphatic heterocycles. The third-order valence-electron chi connectivity index (χ3n) is 2.53. The van der Waals surface area contributed by atoms with Gasteiger partial charge in [0.05, 0.1) is 11.8 Å². The highest BCUT2D eigenvalue weighted by atomic mass is 16.5. The Balaban J connectivity index is 2.14. The second-order valence-corrected chi connectivity index (χ2v) is 3.81. The summed E-state index contributed by atoms with van der Waals surface area (Å²) in [6, 6.07) is 11.7. The number of hydrogen-bond acceptors (Lipinski definition) is 3. The van der Waals surface area contributed by atoms with Crippen LogP contribution in [0.25, 0.3) is 11.3 Å². The smallest absolute Gasteiger partial charge is 0.167 e. The summed E-state index contributed by atoms with van der Waals surface area (Å²) in [6.45, 7) is 1.95. The van der Waals surface area contributed by atoms with Crippen LogP contribution >= 0.6 is 0 Å². The van der Waals surface area contributed by atoms with Crippen molar-refractivity contribution in [1.82, 2.24) is 5.16 Å². The first-order valence-electron chi connectivity index (χ1n) is 5.48. The Morgan fingerprint density at radius 3 is 2.75 bits per heavy atom. The van der Waals surface area contributed by atoms with E-state index in [0.717, 1.165) is 23.4 Å². The Morgan fingerprint density at radius 2 is 2.06 bits per heavy atom. The van der Waals surface area contributed by atoms with Gasteiger partial charge in [0, 0.05) is 18.1 Å². The highest BCUT2D eigenvalue weighted by Gasteiger charge is 2.09. The fourth-order valence-electron chi connectivity index (χ4n) is 1.53. The minimum atomic E-state index is -0.339. The molecule has 0 fully saturated rings. The minimum absolute atomic E-state index is 0.339. The lowest BCUT2D eigenvalue weighted by Crippen LogP contribution is -2.08. The van der Waals surface area contributed by atoms with Crippen LogP contribution in [-0.2, 0) is 6.42 Å². The Bertz CT molecular complexity index is 436. The van der Waals surface area contributed by atoms with Crippen molar-refractivity contribution < 1.29 is 9.63 Å². The average Bonchev–Trinajstić information content (AvgIpc) is 2.78. The van der Waals surface area contributed by atoms with Crippen LogP contribution in [0, 0.1) is 0 Å². The molecule has 16 heavy (non-hydrogen) atoms. The largest absolute Gasteiger partial charge is 0.393 e. The van der Waals surface area contributed by atoms with Gasteiger partial charge in [0.1, 0.15) is 0 Å². The Hall–Kier alpha value is -1.61. The molecule has 84 valence electrons. The van der Waals surface area contributed by atoms with Crippen molar-refractivity contribution >= 4 is 0 Å². The fourth-order valence-corrected chi connectivity index (χ4v) is 1.53. The number of benzene rings is 1. The molecule has 1 unspecified atom stereocenters. The summed E-state index contributed by atoms with van der Waals surface area (Å²) in [5.41, 5.74) is 1.81. The molecular weight excluding hydrogens is 202 g/mol. The lowest BCUT2D eigenvalue weighted by Gasteiger charge is -2.02. The lowest BCUT2D eigenvalue weighted by molar-refractivity contribution is 0.168. The topological polar surface area (TPSA) is 46.3 Å². The van der Waals surface area contributed by atoms with Crippen molar-refractivity contribution in [1.29, 1.82) is 0 Å². The van der Waals surface area contributed by atoms with E-state index in [-0.39, 0.29) is 6.10 Å². The predicted molar refractivity (Wildman–Crippen MR) is 61.9 cm³/mol. The fraction of sp³-hybridized carbons (Fsp3) is 0.308. The van der Waals surface area contributed by atoms with Gasteiger partial charge in [-0.3, -0.25) is 0 Å². The molecule has 1 atom stereocenters. The summed E-state index contributed by atoms with van der Waals surface area (Å²) in [5, 5.41) is 13.5. The molecule has 1 aromatic heterocycles. The third kappa shape index (κ3) is 2.49. The highest BCUT2D eigenvalue weighted by Crippen LogP contribution is 2.20. The van der Waals surface area contributed by atoms with E-state index in [1.165, 1.54) is 0 Å². The van der Waals surface area contributed by atoms with E-state index < -0.39 is 0 Å². The number of rotatable bonds is 4. The van der Waals surface area contributed by atoms with Gasteiger partial charge in [-0.05, 0) is 6.42 Å². The summed E-state index contributed by atoms with van der Waals surface area (Å²) in [6.07, 6.45) is 0.939. The molecule has 0 aliphatic rings. The second kappa shape index (κ2) is 4.94. The Labute approximate surface area is 94.7 Å². The number of nitrogens with zero attached hydrogens (tertiary/aromatic N) is 1. The van der Waals surface area contributed by atoms with Gasteiger partial charge in [0.25, 0.3) is 0 Å². The average molecular weight is 217 g/mol. The molecule has 0 aliphatic carbocycles. The maximum atomic E-state index is 9.51. The van der Waals surface area contributed by atoms with E-state index in [1.54, 1.807) is 0 Å². The number of hydrogen-bond donors (Lipinski definition) is 1. The summed E-state index contributed by atoms with van der Waals surface area (Å²) in [4.78, 5) is 0. The zero-order valence-corrected chi connectivity index (χ0v) is 9.26. The van der Waals surface area contributed by atoms with Crippen LogP contribution < -0.4 is 0 Å². The monoisotopic (exact) mass is 217 g/mol. The van der Waals surface area contributed by atoms with Crippen LogP contribution in [0.5, 0.6) is 0 Å². The van der Waals surface area contributed by atoms with Gasteiger partial charge in [-0.25, -0.2) is 0 Å². The zero-order valence-electron chi connectivity index (χ0n) is 9.26. The second-order valence-electron chi connectivity index (χ2n) is 3.81. The lowest BCUT2D eigenvalue weighted by atomic mass is 10.1. The maximum absolute atomic E-state index is 9.51. The SMILES string of the molecule is CCC(O)Cc1cc(-c2ccccc2)on1. The molecular formula is C13H15NO2. The Morgan fingerprint density at radius 1 is 1.31 bits per heavy atom. The van der Waals surface area contributed by atoms with Crippen LogP contribution in [0.1, 0.15) is 19.0 Å². The first-order valence-corrected chi connectivity index (χ1v) is 5.48. The van der Waals surface area contributed by atoms with Crippen LogP contribution in [0.4, 0.5) is 0 Å². The molecule has 1 aromatic carbocycles. The molecule has 0 radical (unpaired) electrons. The molecule has 0 spiro atoms. The van der Waals surface area contributed by atoms with Gasteiger partial charge in [-0.1, -0.05) is 42.4 Å². The summed E-state index contributed by atoms with van der Waals surface area (Å²) < 4.78 is 5.23. The van der Waals surface area contributed by atoms with E-state index in [0.29, 0.717) is 6.42 Å². The molecule has 0 bridgehead atoms. The van der Waals surface area contributed by atoms with Crippen molar-refractivity contribution in [3.05, 3.63) is 42.1 Å². The first kappa shape index (κ1) is 10.9. The van der Waals surface area contributed by atoms with E-state index in [2.05, 4.69) is 5.16 Å². The normalized spacial score (nSPS) is 12.6. The molecule has 0 saturated heterocycles. The number of aliphatic hydroxyl groups is 1. The third-order valence-corrected chi connectivity index (χ3v) is 2.53. The van der Waals surface area contributed by atoms with Gasteiger partial charge >= 0.3 is 0 Å². The van der Waals surface area contributed by atoms with E-state index in [4.69, 9.17) is 4.52 Å². The minimum Gasteiger partial charge on any atom is -0.393 e. The van der Waals surface area contributed by atoms with E-state index in [9.17, 15) is 5.11 Å². The first-order chi connectivity index (χ1) is 7.79.